The monoisotopic (exact) mass is 327 g/mol. The quantitative estimate of drug-likeness (QED) is 0.792. The second kappa shape index (κ2) is 6.66. The van der Waals surface area contributed by atoms with E-state index in [0.717, 1.165) is 5.56 Å². The molecule has 23 heavy (non-hydrogen) atoms. The van der Waals surface area contributed by atoms with Crippen LogP contribution < -0.4 is 5.32 Å². The molecule has 6 heteroatoms. The minimum atomic E-state index is -0.270. The molecule has 1 aromatic heterocycles. The standard InChI is InChI=1S/C17H14FN3OS/c1-11-6-2-4-8-13(11)16(22)19-17-21-20-15(23-17)10-12-7-3-5-9-14(12)18/h2-9H,10H2,1H3,(H,19,21,22). The Hall–Kier alpha value is -2.60. The predicted octanol–water partition coefficient (Wildman–Crippen LogP) is 3.83. The molecule has 0 saturated carbocycles. The van der Waals surface area contributed by atoms with Gasteiger partial charge in [0.2, 0.25) is 5.13 Å². The van der Waals surface area contributed by atoms with Crippen molar-refractivity contribution < 1.29 is 9.18 Å². The lowest BCUT2D eigenvalue weighted by molar-refractivity contribution is 0.102. The average molecular weight is 327 g/mol. The molecule has 0 aliphatic rings. The zero-order valence-electron chi connectivity index (χ0n) is 12.4. The topological polar surface area (TPSA) is 54.9 Å². The van der Waals surface area contributed by atoms with Gasteiger partial charge >= 0.3 is 0 Å². The lowest BCUT2D eigenvalue weighted by atomic mass is 10.1. The van der Waals surface area contributed by atoms with Crippen LogP contribution in [0.1, 0.15) is 26.5 Å². The van der Waals surface area contributed by atoms with Crippen LogP contribution in [0.5, 0.6) is 0 Å². The number of amides is 1. The molecular weight excluding hydrogens is 313 g/mol. The van der Waals surface area contributed by atoms with E-state index < -0.39 is 0 Å². The third-order valence-corrected chi connectivity index (χ3v) is 4.22. The van der Waals surface area contributed by atoms with E-state index in [9.17, 15) is 9.18 Å². The number of hydrogen-bond donors (Lipinski definition) is 1. The number of carbonyl (C=O) groups is 1. The molecule has 0 unspecified atom stereocenters. The molecule has 1 N–H and O–H groups in total. The van der Waals surface area contributed by atoms with Crippen LogP contribution in [-0.2, 0) is 6.42 Å². The number of rotatable bonds is 4. The van der Waals surface area contributed by atoms with Crippen molar-refractivity contribution in [2.45, 2.75) is 13.3 Å². The van der Waals surface area contributed by atoms with Crippen LogP contribution in [0.15, 0.2) is 48.5 Å². The van der Waals surface area contributed by atoms with Crippen LogP contribution in [-0.4, -0.2) is 16.1 Å². The Morgan fingerprint density at radius 3 is 2.65 bits per heavy atom. The van der Waals surface area contributed by atoms with Crippen molar-refractivity contribution in [1.29, 1.82) is 0 Å². The van der Waals surface area contributed by atoms with Gasteiger partial charge in [-0.2, -0.15) is 0 Å². The van der Waals surface area contributed by atoms with E-state index >= 15 is 0 Å². The Kier molecular flexibility index (Phi) is 4.43. The second-order valence-corrected chi connectivity index (χ2v) is 6.10. The van der Waals surface area contributed by atoms with Gasteiger partial charge in [-0.05, 0) is 30.2 Å². The summed E-state index contributed by atoms with van der Waals surface area (Å²) in [5, 5.41) is 11.7. The van der Waals surface area contributed by atoms with E-state index in [1.165, 1.54) is 17.4 Å². The Bertz CT molecular complexity index is 847. The third-order valence-electron chi connectivity index (χ3n) is 3.38. The maximum Gasteiger partial charge on any atom is 0.257 e. The van der Waals surface area contributed by atoms with Crippen LogP contribution in [0, 0.1) is 12.7 Å². The summed E-state index contributed by atoms with van der Waals surface area (Å²) in [4.78, 5) is 12.2. The van der Waals surface area contributed by atoms with E-state index in [0.29, 0.717) is 27.7 Å². The first-order chi connectivity index (χ1) is 11.1. The van der Waals surface area contributed by atoms with E-state index in [-0.39, 0.29) is 11.7 Å². The molecule has 3 rings (SSSR count). The van der Waals surface area contributed by atoms with Gasteiger partial charge in [0.25, 0.3) is 5.91 Å². The smallest absolute Gasteiger partial charge is 0.257 e. The zero-order valence-corrected chi connectivity index (χ0v) is 13.2. The summed E-state index contributed by atoms with van der Waals surface area (Å²) < 4.78 is 13.6. The van der Waals surface area contributed by atoms with Gasteiger partial charge in [-0.1, -0.05) is 47.7 Å². The molecule has 116 valence electrons. The van der Waals surface area contributed by atoms with Crippen LogP contribution >= 0.6 is 11.3 Å². The van der Waals surface area contributed by atoms with Crippen LogP contribution in [0.3, 0.4) is 0 Å². The summed E-state index contributed by atoms with van der Waals surface area (Å²) in [7, 11) is 0. The number of anilines is 1. The van der Waals surface area contributed by atoms with Gasteiger partial charge in [0.05, 0.1) is 0 Å². The van der Waals surface area contributed by atoms with Crippen molar-refractivity contribution in [2.75, 3.05) is 5.32 Å². The fourth-order valence-corrected chi connectivity index (χ4v) is 2.93. The first-order valence-electron chi connectivity index (χ1n) is 7.06. The van der Waals surface area contributed by atoms with Crippen LogP contribution in [0.2, 0.25) is 0 Å². The van der Waals surface area contributed by atoms with Gasteiger partial charge < -0.3 is 0 Å². The highest BCUT2D eigenvalue weighted by Gasteiger charge is 2.13. The van der Waals surface area contributed by atoms with Crippen molar-refractivity contribution in [3.8, 4) is 0 Å². The third kappa shape index (κ3) is 3.60. The van der Waals surface area contributed by atoms with E-state index in [1.807, 2.05) is 25.1 Å². The predicted molar refractivity (Wildman–Crippen MR) is 88.2 cm³/mol. The molecule has 0 radical (unpaired) electrons. The summed E-state index contributed by atoms with van der Waals surface area (Å²) in [5.74, 6) is -0.495. The molecule has 1 heterocycles. The Balaban J connectivity index is 1.72. The highest BCUT2D eigenvalue weighted by atomic mass is 32.1. The molecule has 0 atom stereocenters. The maximum absolute atomic E-state index is 13.6. The summed E-state index contributed by atoms with van der Waals surface area (Å²) in [6.07, 6.45) is 0.352. The molecule has 0 saturated heterocycles. The molecule has 0 aliphatic carbocycles. The number of benzene rings is 2. The van der Waals surface area contributed by atoms with Gasteiger partial charge in [0.15, 0.2) is 0 Å². The molecule has 0 aliphatic heterocycles. The Morgan fingerprint density at radius 1 is 1.13 bits per heavy atom. The summed E-state index contributed by atoms with van der Waals surface area (Å²) in [6, 6.07) is 13.9. The van der Waals surface area contributed by atoms with E-state index in [2.05, 4.69) is 15.5 Å². The average Bonchev–Trinajstić information content (AvgIpc) is 2.97. The van der Waals surface area contributed by atoms with E-state index in [1.54, 1.807) is 24.3 Å². The van der Waals surface area contributed by atoms with Gasteiger partial charge in [-0.25, -0.2) is 4.39 Å². The Morgan fingerprint density at radius 2 is 1.87 bits per heavy atom. The molecule has 4 nitrogen and oxygen atoms in total. The fourth-order valence-electron chi connectivity index (χ4n) is 2.17. The molecule has 0 bridgehead atoms. The lowest BCUT2D eigenvalue weighted by Gasteiger charge is -2.03. The lowest BCUT2D eigenvalue weighted by Crippen LogP contribution is -2.12. The fraction of sp³-hybridized carbons (Fsp3) is 0.118. The highest BCUT2D eigenvalue weighted by Crippen LogP contribution is 2.21. The molecular formula is C17H14FN3OS. The van der Waals surface area contributed by atoms with Gasteiger partial charge in [0.1, 0.15) is 10.8 Å². The molecule has 1 amide bonds. The SMILES string of the molecule is Cc1ccccc1C(=O)Nc1nnc(Cc2ccccc2F)s1. The van der Waals surface area contributed by atoms with Crippen molar-refractivity contribution in [2.24, 2.45) is 0 Å². The van der Waals surface area contributed by atoms with Crippen molar-refractivity contribution in [3.05, 3.63) is 76.0 Å². The number of carbonyl (C=O) groups excluding carboxylic acids is 1. The zero-order chi connectivity index (χ0) is 16.2. The molecule has 0 fully saturated rings. The highest BCUT2D eigenvalue weighted by molar-refractivity contribution is 7.15. The first kappa shape index (κ1) is 15.3. The van der Waals surface area contributed by atoms with Crippen molar-refractivity contribution in [3.63, 3.8) is 0 Å². The number of halogens is 1. The van der Waals surface area contributed by atoms with Crippen molar-refractivity contribution in [1.82, 2.24) is 10.2 Å². The second-order valence-electron chi connectivity index (χ2n) is 5.04. The van der Waals surface area contributed by atoms with Crippen LogP contribution in [0.4, 0.5) is 9.52 Å². The number of nitrogens with one attached hydrogen (secondary N) is 1. The Labute approximate surface area is 137 Å². The summed E-state index contributed by atoms with van der Waals surface area (Å²) >= 11 is 1.24. The van der Waals surface area contributed by atoms with Gasteiger partial charge in [0, 0.05) is 12.0 Å². The maximum atomic E-state index is 13.6. The normalized spacial score (nSPS) is 10.5. The van der Waals surface area contributed by atoms with Crippen LogP contribution in [0.25, 0.3) is 0 Å². The number of nitrogens with zero attached hydrogens (tertiary/aromatic N) is 2. The minimum Gasteiger partial charge on any atom is -0.296 e. The number of aryl methyl sites for hydroxylation is 1. The first-order valence-corrected chi connectivity index (χ1v) is 7.88. The molecule has 3 aromatic rings. The largest absolute Gasteiger partial charge is 0.296 e. The number of hydrogen-bond acceptors (Lipinski definition) is 4. The minimum absolute atomic E-state index is 0.225. The van der Waals surface area contributed by atoms with E-state index in [4.69, 9.17) is 0 Å². The molecule has 0 spiro atoms. The van der Waals surface area contributed by atoms with Gasteiger partial charge in [-0.15, -0.1) is 10.2 Å². The van der Waals surface area contributed by atoms with Gasteiger partial charge in [-0.3, -0.25) is 10.1 Å². The van der Waals surface area contributed by atoms with Crippen molar-refractivity contribution >= 4 is 22.4 Å². The summed E-state index contributed by atoms with van der Waals surface area (Å²) in [5.41, 5.74) is 2.04. The number of aromatic nitrogens is 2. The molecule has 2 aromatic carbocycles. The summed E-state index contributed by atoms with van der Waals surface area (Å²) in [6.45, 7) is 1.87.